The standard InChI is InChI=1S/C17H20N4/c1-3-16-14(12-21(2)20-16)10-18-11-15-9-8-13-6-4-5-7-17(13)19-15/h4-9,12,18H,3,10-11H2,1-2H3. The number of nitrogens with one attached hydrogen (secondary N) is 1. The minimum absolute atomic E-state index is 0.767. The predicted molar refractivity (Wildman–Crippen MR) is 84.9 cm³/mol. The van der Waals surface area contributed by atoms with Crippen molar-refractivity contribution in [2.45, 2.75) is 26.4 Å². The van der Waals surface area contributed by atoms with Gasteiger partial charge in [-0.25, -0.2) is 0 Å². The molecule has 3 aromatic rings. The van der Waals surface area contributed by atoms with Crippen LogP contribution in [0.5, 0.6) is 0 Å². The first kappa shape index (κ1) is 13.8. The molecule has 0 aliphatic carbocycles. The van der Waals surface area contributed by atoms with Crippen molar-refractivity contribution >= 4 is 10.9 Å². The molecule has 0 fully saturated rings. The third-order valence-electron chi connectivity index (χ3n) is 3.60. The summed E-state index contributed by atoms with van der Waals surface area (Å²) in [6.07, 6.45) is 3.05. The van der Waals surface area contributed by atoms with Crippen LogP contribution in [0.25, 0.3) is 10.9 Å². The SMILES string of the molecule is CCc1nn(C)cc1CNCc1ccc2ccccc2n1. The molecule has 0 atom stereocenters. The second-order valence-corrected chi connectivity index (χ2v) is 5.23. The van der Waals surface area contributed by atoms with E-state index >= 15 is 0 Å². The molecule has 4 heteroatoms. The lowest BCUT2D eigenvalue weighted by Crippen LogP contribution is -2.14. The zero-order chi connectivity index (χ0) is 14.7. The largest absolute Gasteiger partial charge is 0.307 e. The summed E-state index contributed by atoms with van der Waals surface area (Å²) in [6.45, 7) is 3.73. The highest BCUT2D eigenvalue weighted by atomic mass is 15.3. The van der Waals surface area contributed by atoms with E-state index in [1.54, 1.807) is 0 Å². The number of aromatic nitrogens is 3. The molecule has 4 nitrogen and oxygen atoms in total. The van der Waals surface area contributed by atoms with E-state index in [-0.39, 0.29) is 0 Å². The van der Waals surface area contributed by atoms with Crippen LogP contribution in [0.4, 0.5) is 0 Å². The highest BCUT2D eigenvalue weighted by Crippen LogP contribution is 2.12. The number of rotatable bonds is 5. The maximum Gasteiger partial charge on any atom is 0.0705 e. The van der Waals surface area contributed by atoms with Crippen LogP contribution in [-0.4, -0.2) is 14.8 Å². The van der Waals surface area contributed by atoms with Crippen molar-refractivity contribution in [3.63, 3.8) is 0 Å². The van der Waals surface area contributed by atoms with Gasteiger partial charge in [-0.2, -0.15) is 5.10 Å². The molecule has 0 saturated heterocycles. The average Bonchev–Trinajstić information content (AvgIpc) is 2.87. The Labute approximate surface area is 124 Å². The van der Waals surface area contributed by atoms with Crippen LogP contribution in [-0.2, 0) is 26.6 Å². The molecule has 1 aromatic carbocycles. The molecule has 0 aliphatic heterocycles. The Morgan fingerprint density at radius 1 is 1.10 bits per heavy atom. The van der Waals surface area contributed by atoms with Gasteiger partial charge in [-0.05, 0) is 18.6 Å². The molecule has 0 radical (unpaired) electrons. The van der Waals surface area contributed by atoms with E-state index < -0.39 is 0 Å². The smallest absolute Gasteiger partial charge is 0.0705 e. The minimum atomic E-state index is 0.767. The predicted octanol–water partition coefficient (Wildman–Crippen LogP) is 2.82. The fourth-order valence-electron chi connectivity index (χ4n) is 2.56. The first-order chi connectivity index (χ1) is 10.3. The number of hydrogen-bond acceptors (Lipinski definition) is 3. The summed E-state index contributed by atoms with van der Waals surface area (Å²) in [6, 6.07) is 12.4. The molecular weight excluding hydrogens is 260 g/mol. The Morgan fingerprint density at radius 2 is 1.95 bits per heavy atom. The molecule has 3 rings (SSSR count). The van der Waals surface area contributed by atoms with E-state index in [4.69, 9.17) is 0 Å². The van der Waals surface area contributed by atoms with E-state index in [2.05, 4.69) is 52.8 Å². The Balaban J connectivity index is 1.66. The zero-order valence-corrected chi connectivity index (χ0v) is 12.5. The van der Waals surface area contributed by atoms with Gasteiger partial charge in [0.2, 0.25) is 0 Å². The van der Waals surface area contributed by atoms with Gasteiger partial charge in [0, 0.05) is 37.3 Å². The van der Waals surface area contributed by atoms with Crippen molar-refractivity contribution in [1.29, 1.82) is 0 Å². The lowest BCUT2D eigenvalue weighted by molar-refractivity contribution is 0.677. The summed E-state index contributed by atoms with van der Waals surface area (Å²) < 4.78 is 1.88. The second-order valence-electron chi connectivity index (χ2n) is 5.23. The van der Waals surface area contributed by atoms with Crippen molar-refractivity contribution in [2.24, 2.45) is 7.05 Å². The number of fused-ring (bicyclic) bond motifs is 1. The van der Waals surface area contributed by atoms with Gasteiger partial charge in [0.1, 0.15) is 0 Å². The maximum absolute atomic E-state index is 4.67. The van der Waals surface area contributed by atoms with Crippen molar-refractivity contribution in [3.8, 4) is 0 Å². The lowest BCUT2D eigenvalue weighted by atomic mass is 10.2. The van der Waals surface area contributed by atoms with E-state index in [9.17, 15) is 0 Å². The number of nitrogens with zero attached hydrogens (tertiary/aromatic N) is 3. The molecule has 0 amide bonds. The summed E-state index contributed by atoms with van der Waals surface area (Å²) in [5, 5.41) is 9.09. The average molecular weight is 280 g/mol. The highest BCUT2D eigenvalue weighted by Gasteiger charge is 2.05. The molecule has 0 unspecified atom stereocenters. The van der Waals surface area contributed by atoms with E-state index in [0.717, 1.165) is 36.4 Å². The molecule has 0 bridgehead atoms. The number of benzene rings is 1. The van der Waals surface area contributed by atoms with Gasteiger partial charge in [0.25, 0.3) is 0 Å². The van der Waals surface area contributed by atoms with Gasteiger partial charge in [-0.1, -0.05) is 31.2 Å². The van der Waals surface area contributed by atoms with Crippen LogP contribution in [0.3, 0.4) is 0 Å². The molecule has 0 aliphatic rings. The molecule has 2 heterocycles. The van der Waals surface area contributed by atoms with Crippen LogP contribution in [0.15, 0.2) is 42.6 Å². The van der Waals surface area contributed by atoms with Crippen LogP contribution < -0.4 is 5.32 Å². The van der Waals surface area contributed by atoms with Crippen molar-refractivity contribution in [2.75, 3.05) is 0 Å². The third kappa shape index (κ3) is 3.11. The lowest BCUT2D eigenvalue weighted by Gasteiger charge is -2.05. The van der Waals surface area contributed by atoms with Gasteiger partial charge in [0.05, 0.1) is 16.9 Å². The van der Waals surface area contributed by atoms with E-state index in [1.165, 1.54) is 10.9 Å². The topological polar surface area (TPSA) is 42.7 Å². The maximum atomic E-state index is 4.67. The van der Waals surface area contributed by atoms with Gasteiger partial charge in [0.15, 0.2) is 0 Å². The van der Waals surface area contributed by atoms with Crippen LogP contribution in [0.2, 0.25) is 0 Å². The van der Waals surface area contributed by atoms with Crippen LogP contribution in [0, 0.1) is 0 Å². The number of pyridine rings is 1. The van der Waals surface area contributed by atoms with Crippen LogP contribution >= 0.6 is 0 Å². The van der Waals surface area contributed by atoms with Crippen molar-refractivity contribution < 1.29 is 0 Å². The number of hydrogen-bond donors (Lipinski definition) is 1. The molecule has 0 spiro atoms. The van der Waals surface area contributed by atoms with Crippen molar-refractivity contribution in [1.82, 2.24) is 20.1 Å². The summed E-state index contributed by atoms with van der Waals surface area (Å²) in [5.41, 5.74) is 4.54. The molecule has 21 heavy (non-hydrogen) atoms. The number of para-hydroxylation sites is 1. The fourth-order valence-corrected chi connectivity index (χ4v) is 2.56. The summed E-state index contributed by atoms with van der Waals surface area (Å²) in [7, 11) is 1.97. The third-order valence-corrected chi connectivity index (χ3v) is 3.60. The summed E-state index contributed by atoms with van der Waals surface area (Å²) in [5.74, 6) is 0. The van der Waals surface area contributed by atoms with Gasteiger partial charge in [-0.3, -0.25) is 9.67 Å². The van der Waals surface area contributed by atoms with Gasteiger partial charge >= 0.3 is 0 Å². The Hall–Kier alpha value is -2.20. The number of aryl methyl sites for hydroxylation is 2. The normalized spacial score (nSPS) is 11.1. The molecule has 108 valence electrons. The van der Waals surface area contributed by atoms with E-state index in [1.807, 2.05) is 23.9 Å². The quantitative estimate of drug-likeness (QED) is 0.781. The molecular formula is C17H20N4. The summed E-state index contributed by atoms with van der Waals surface area (Å²) >= 11 is 0. The van der Waals surface area contributed by atoms with Gasteiger partial charge in [-0.15, -0.1) is 0 Å². The highest BCUT2D eigenvalue weighted by molar-refractivity contribution is 5.78. The Morgan fingerprint density at radius 3 is 2.81 bits per heavy atom. The Bertz CT molecular complexity index is 745. The zero-order valence-electron chi connectivity index (χ0n) is 12.5. The van der Waals surface area contributed by atoms with Crippen molar-refractivity contribution in [3.05, 3.63) is 59.5 Å². The second kappa shape index (κ2) is 6.06. The first-order valence-electron chi connectivity index (χ1n) is 7.33. The van der Waals surface area contributed by atoms with Crippen LogP contribution in [0.1, 0.15) is 23.9 Å². The molecule has 1 N–H and O–H groups in total. The first-order valence-corrected chi connectivity index (χ1v) is 7.33. The van der Waals surface area contributed by atoms with Gasteiger partial charge < -0.3 is 5.32 Å². The summed E-state index contributed by atoms with van der Waals surface area (Å²) in [4.78, 5) is 4.67. The molecule has 2 aromatic heterocycles. The fraction of sp³-hybridized carbons (Fsp3) is 0.294. The van der Waals surface area contributed by atoms with E-state index in [0.29, 0.717) is 0 Å². The minimum Gasteiger partial charge on any atom is -0.307 e. The Kier molecular flexibility index (Phi) is 3.97. The monoisotopic (exact) mass is 280 g/mol. The molecule has 0 saturated carbocycles.